The first-order chi connectivity index (χ1) is 6.74. The van der Waals surface area contributed by atoms with Gasteiger partial charge in [-0.1, -0.05) is 23.7 Å². The Labute approximate surface area is 89.3 Å². The molecule has 0 aromatic heterocycles. The Bertz CT molecular complexity index is 388. The molecule has 74 valence electrons. The Kier molecular flexibility index (Phi) is 1.71. The highest BCUT2D eigenvalue weighted by Crippen LogP contribution is 2.55. The summed E-state index contributed by atoms with van der Waals surface area (Å²) in [4.78, 5) is 0. The van der Waals surface area contributed by atoms with Crippen molar-refractivity contribution in [1.29, 1.82) is 0 Å². The van der Waals surface area contributed by atoms with Gasteiger partial charge in [0.05, 0.1) is 0 Å². The molecule has 1 aromatic rings. The first-order valence-corrected chi connectivity index (χ1v) is 5.65. The zero-order chi connectivity index (χ0) is 9.76. The molecule has 1 saturated carbocycles. The number of fused-ring (bicyclic) bond motifs is 2. The van der Waals surface area contributed by atoms with E-state index in [0.29, 0.717) is 11.5 Å². The smallest absolute Gasteiger partial charge is 0.0440 e. The highest BCUT2D eigenvalue weighted by atomic mass is 35.5. The van der Waals surface area contributed by atoms with Gasteiger partial charge in [-0.05, 0) is 42.9 Å². The first kappa shape index (κ1) is 8.75. The Morgan fingerprint density at radius 3 is 2.93 bits per heavy atom. The molecule has 2 atom stereocenters. The van der Waals surface area contributed by atoms with E-state index in [1.165, 1.54) is 24.0 Å². The SMILES string of the molecule is NC1CC12CCCc1c(Cl)cccc12. The van der Waals surface area contributed by atoms with Gasteiger partial charge in [0, 0.05) is 16.5 Å². The molecule has 1 fully saturated rings. The molecule has 0 bridgehead atoms. The summed E-state index contributed by atoms with van der Waals surface area (Å²) in [6, 6.07) is 6.64. The predicted molar refractivity (Wildman–Crippen MR) is 58.7 cm³/mol. The van der Waals surface area contributed by atoms with Gasteiger partial charge in [0.25, 0.3) is 0 Å². The molecule has 0 aliphatic heterocycles. The summed E-state index contributed by atoms with van der Waals surface area (Å²) >= 11 is 6.20. The van der Waals surface area contributed by atoms with Gasteiger partial charge in [-0.25, -0.2) is 0 Å². The van der Waals surface area contributed by atoms with Gasteiger partial charge >= 0.3 is 0 Å². The van der Waals surface area contributed by atoms with Crippen molar-refractivity contribution in [3.8, 4) is 0 Å². The van der Waals surface area contributed by atoms with Gasteiger partial charge in [0.2, 0.25) is 0 Å². The maximum absolute atomic E-state index is 6.20. The lowest BCUT2D eigenvalue weighted by Gasteiger charge is -2.26. The maximum atomic E-state index is 6.20. The fourth-order valence-corrected chi connectivity index (χ4v) is 3.19. The number of hydrogen-bond acceptors (Lipinski definition) is 1. The molecule has 0 saturated heterocycles. The largest absolute Gasteiger partial charge is 0.327 e. The molecular formula is C12H14ClN. The third-order valence-electron chi connectivity index (χ3n) is 3.84. The van der Waals surface area contributed by atoms with Gasteiger partial charge in [-0.3, -0.25) is 0 Å². The molecule has 14 heavy (non-hydrogen) atoms. The molecule has 0 amide bonds. The van der Waals surface area contributed by atoms with E-state index in [1.807, 2.05) is 6.07 Å². The second-order valence-electron chi connectivity index (χ2n) is 4.59. The second kappa shape index (κ2) is 2.74. The summed E-state index contributed by atoms with van der Waals surface area (Å²) in [5, 5.41) is 0.931. The molecular weight excluding hydrogens is 194 g/mol. The van der Waals surface area contributed by atoms with Gasteiger partial charge < -0.3 is 5.73 Å². The van der Waals surface area contributed by atoms with E-state index in [-0.39, 0.29) is 0 Å². The van der Waals surface area contributed by atoms with Crippen LogP contribution in [0.5, 0.6) is 0 Å². The number of nitrogens with two attached hydrogens (primary N) is 1. The van der Waals surface area contributed by atoms with Crippen molar-refractivity contribution in [1.82, 2.24) is 0 Å². The van der Waals surface area contributed by atoms with Gasteiger partial charge in [0.1, 0.15) is 0 Å². The predicted octanol–water partition coefficient (Wildman–Crippen LogP) is 2.65. The van der Waals surface area contributed by atoms with Crippen LogP contribution in [0.1, 0.15) is 30.4 Å². The van der Waals surface area contributed by atoms with Crippen LogP contribution < -0.4 is 5.73 Å². The van der Waals surface area contributed by atoms with Crippen LogP contribution in [-0.2, 0) is 11.8 Å². The minimum Gasteiger partial charge on any atom is -0.327 e. The van der Waals surface area contributed by atoms with Crippen LogP contribution in [0.3, 0.4) is 0 Å². The van der Waals surface area contributed by atoms with Crippen LogP contribution in [0.25, 0.3) is 0 Å². The normalized spacial score (nSPS) is 34.3. The van der Waals surface area contributed by atoms with E-state index in [0.717, 1.165) is 17.9 Å². The van der Waals surface area contributed by atoms with Gasteiger partial charge in [-0.15, -0.1) is 0 Å². The van der Waals surface area contributed by atoms with Crippen LogP contribution >= 0.6 is 11.6 Å². The van der Waals surface area contributed by atoms with Crippen molar-refractivity contribution in [3.05, 3.63) is 34.3 Å². The molecule has 0 heterocycles. The Hall–Kier alpha value is -0.530. The van der Waals surface area contributed by atoms with E-state index in [4.69, 9.17) is 17.3 Å². The standard InChI is InChI=1S/C12H14ClN/c13-10-5-1-4-9-8(10)3-2-6-12(9)7-11(12)14/h1,4-5,11H,2-3,6-7,14H2. The van der Waals surface area contributed by atoms with Gasteiger partial charge in [0.15, 0.2) is 0 Å². The van der Waals surface area contributed by atoms with Gasteiger partial charge in [-0.2, -0.15) is 0 Å². The van der Waals surface area contributed by atoms with Crippen LogP contribution in [-0.4, -0.2) is 6.04 Å². The number of benzene rings is 1. The average molecular weight is 208 g/mol. The minimum atomic E-state index is 0.304. The second-order valence-corrected chi connectivity index (χ2v) is 4.99. The number of rotatable bonds is 0. The van der Waals surface area contributed by atoms with Crippen molar-refractivity contribution >= 4 is 11.6 Å². The molecule has 1 spiro atoms. The molecule has 1 nitrogen and oxygen atoms in total. The summed E-state index contributed by atoms with van der Waals surface area (Å²) in [5.41, 5.74) is 9.15. The lowest BCUT2D eigenvalue weighted by molar-refractivity contribution is 0.526. The van der Waals surface area contributed by atoms with E-state index in [9.17, 15) is 0 Å². The van der Waals surface area contributed by atoms with Crippen molar-refractivity contribution in [2.75, 3.05) is 0 Å². The quantitative estimate of drug-likeness (QED) is 0.696. The summed E-state index contributed by atoms with van der Waals surface area (Å²) in [7, 11) is 0. The van der Waals surface area contributed by atoms with Crippen LogP contribution in [0.4, 0.5) is 0 Å². The Morgan fingerprint density at radius 1 is 1.43 bits per heavy atom. The molecule has 2 unspecified atom stereocenters. The van der Waals surface area contributed by atoms with Crippen molar-refractivity contribution in [2.45, 2.75) is 37.1 Å². The van der Waals surface area contributed by atoms with Crippen molar-refractivity contribution in [3.63, 3.8) is 0 Å². The third-order valence-corrected chi connectivity index (χ3v) is 4.19. The van der Waals surface area contributed by atoms with E-state index < -0.39 is 0 Å². The first-order valence-electron chi connectivity index (χ1n) is 5.27. The number of halogens is 1. The minimum absolute atomic E-state index is 0.304. The highest BCUT2D eigenvalue weighted by Gasteiger charge is 2.54. The molecule has 2 aliphatic carbocycles. The lowest BCUT2D eigenvalue weighted by Crippen LogP contribution is -2.24. The van der Waals surface area contributed by atoms with E-state index in [2.05, 4.69) is 12.1 Å². The lowest BCUT2D eigenvalue weighted by atomic mass is 9.79. The van der Waals surface area contributed by atoms with Crippen LogP contribution in [0, 0.1) is 0 Å². The highest BCUT2D eigenvalue weighted by molar-refractivity contribution is 6.31. The Morgan fingerprint density at radius 2 is 2.21 bits per heavy atom. The molecule has 2 aliphatic rings. The summed E-state index contributed by atoms with van der Waals surface area (Å²) in [5.74, 6) is 0. The zero-order valence-electron chi connectivity index (χ0n) is 8.09. The topological polar surface area (TPSA) is 26.0 Å². The molecule has 1 aromatic carbocycles. The average Bonchev–Trinajstić information content (AvgIpc) is 2.80. The fraction of sp³-hybridized carbons (Fsp3) is 0.500. The monoisotopic (exact) mass is 207 g/mol. The fourth-order valence-electron chi connectivity index (χ4n) is 2.93. The molecule has 3 rings (SSSR count). The van der Waals surface area contributed by atoms with Crippen LogP contribution in [0.15, 0.2) is 18.2 Å². The van der Waals surface area contributed by atoms with Crippen LogP contribution in [0.2, 0.25) is 5.02 Å². The van der Waals surface area contributed by atoms with E-state index >= 15 is 0 Å². The maximum Gasteiger partial charge on any atom is 0.0440 e. The summed E-state index contributed by atoms with van der Waals surface area (Å²) in [6.45, 7) is 0. The van der Waals surface area contributed by atoms with Crippen molar-refractivity contribution in [2.24, 2.45) is 5.73 Å². The Balaban J connectivity index is 2.16. The summed E-state index contributed by atoms with van der Waals surface area (Å²) < 4.78 is 0. The molecule has 2 N–H and O–H groups in total. The van der Waals surface area contributed by atoms with Crippen molar-refractivity contribution < 1.29 is 0 Å². The molecule has 2 heteroatoms. The third kappa shape index (κ3) is 0.999. The number of hydrogen-bond donors (Lipinski definition) is 1. The van der Waals surface area contributed by atoms with E-state index in [1.54, 1.807) is 0 Å². The molecule has 0 radical (unpaired) electrons. The summed E-state index contributed by atoms with van der Waals surface area (Å²) in [6.07, 6.45) is 4.77. The zero-order valence-corrected chi connectivity index (χ0v) is 8.85.